The Morgan fingerprint density at radius 1 is 1.39 bits per heavy atom. The summed E-state index contributed by atoms with van der Waals surface area (Å²) in [6.07, 6.45) is 1.85. The molecule has 1 aromatic carbocycles. The predicted molar refractivity (Wildman–Crippen MR) is 76.6 cm³/mol. The number of rotatable bonds is 3. The molecule has 0 spiro atoms. The van der Waals surface area contributed by atoms with Crippen molar-refractivity contribution < 1.29 is 18.3 Å². The number of ether oxygens (including phenoxy) is 1. The van der Waals surface area contributed by atoms with Gasteiger partial charge in [-0.15, -0.1) is 10.2 Å². The van der Waals surface area contributed by atoms with Gasteiger partial charge >= 0.3 is 0 Å². The first-order chi connectivity index (χ1) is 11.0. The monoisotopic (exact) mass is 322 g/mol. The number of carbonyl (C=O) groups is 1. The summed E-state index contributed by atoms with van der Waals surface area (Å²) in [5, 5.41) is 7.84. The van der Waals surface area contributed by atoms with Crippen LogP contribution in [0, 0.1) is 11.6 Å². The smallest absolute Gasteiger partial charge is 0.257 e. The molecule has 0 bridgehead atoms. The van der Waals surface area contributed by atoms with Crippen molar-refractivity contribution >= 4 is 5.91 Å². The molecule has 8 heteroatoms. The number of methoxy groups -OCH3 is 1. The number of aromatic nitrogens is 3. The molecule has 1 fully saturated rings. The van der Waals surface area contributed by atoms with Gasteiger partial charge in [0.2, 0.25) is 0 Å². The van der Waals surface area contributed by atoms with E-state index in [9.17, 15) is 13.6 Å². The third-order valence-electron chi connectivity index (χ3n) is 4.06. The molecule has 1 saturated heterocycles. The Kier molecular flexibility index (Phi) is 4.08. The first kappa shape index (κ1) is 15.5. The number of halogens is 2. The van der Waals surface area contributed by atoms with Gasteiger partial charge in [0.1, 0.15) is 18.0 Å². The van der Waals surface area contributed by atoms with Gasteiger partial charge in [-0.2, -0.15) is 0 Å². The van der Waals surface area contributed by atoms with Crippen molar-refractivity contribution in [3.8, 4) is 0 Å². The van der Waals surface area contributed by atoms with E-state index in [0.717, 1.165) is 18.2 Å². The highest BCUT2D eigenvalue weighted by molar-refractivity contribution is 5.95. The predicted octanol–water partition coefficient (Wildman–Crippen LogP) is 1.70. The zero-order valence-corrected chi connectivity index (χ0v) is 12.7. The lowest BCUT2D eigenvalue weighted by Crippen LogP contribution is -2.33. The van der Waals surface area contributed by atoms with Crippen LogP contribution in [0.3, 0.4) is 0 Å². The van der Waals surface area contributed by atoms with Crippen LogP contribution in [-0.4, -0.2) is 45.3 Å². The highest BCUT2D eigenvalue weighted by Gasteiger charge is 2.39. The van der Waals surface area contributed by atoms with Gasteiger partial charge in [0.15, 0.2) is 5.82 Å². The Balaban J connectivity index is 1.96. The minimum absolute atomic E-state index is 0.197. The maximum atomic E-state index is 13.9. The molecule has 0 N–H and O–H groups in total. The Labute approximate surface area is 131 Å². The third-order valence-corrected chi connectivity index (χ3v) is 4.06. The van der Waals surface area contributed by atoms with Gasteiger partial charge in [0.05, 0.1) is 17.7 Å². The molecule has 3 rings (SSSR count). The molecule has 2 atom stereocenters. The van der Waals surface area contributed by atoms with Crippen LogP contribution in [0.2, 0.25) is 0 Å². The SMILES string of the molecule is CO[C@@H]1C[C@@H](c2nncn2C)N(C(=O)c2cc(F)ccc2F)C1. The van der Waals surface area contributed by atoms with Gasteiger partial charge in [-0.05, 0) is 18.2 Å². The number of likely N-dealkylation sites (tertiary alicyclic amines) is 1. The van der Waals surface area contributed by atoms with E-state index in [1.165, 1.54) is 11.2 Å². The van der Waals surface area contributed by atoms with Crippen molar-refractivity contribution in [1.82, 2.24) is 19.7 Å². The maximum Gasteiger partial charge on any atom is 0.257 e. The summed E-state index contributed by atoms with van der Waals surface area (Å²) in [7, 11) is 3.32. The molecular formula is C15H16F2N4O2. The van der Waals surface area contributed by atoms with Crippen molar-refractivity contribution in [2.45, 2.75) is 18.6 Å². The van der Waals surface area contributed by atoms with Gasteiger partial charge in [-0.3, -0.25) is 4.79 Å². The van der Waals surface area contributed by atoms with Gasteiger partial charge in [-0.1, -0.05) is 0 Å². The van der Waals surface area contributed by atoms with Crippen molar-refractivity contribution in [1.29, 1.82) is 0 Å². The first-order valence-electron chi connectivity index (χ1n) is 7.14. The van der Waals surface area contributed by atoms with Crippen molar-refractivity contribution in [2.24, 2.45) is 7.05 Å². The van der Waals surface area contributed by atoms with E-state index in [4.69, 9.17) is 4.74 Å². The van der Waals surface area contributed by atoms with Crippen LogP contribution < -0.4 is 0 Å². The molecule has 1 aliphatic heterocycles. The van der Waals surface area contributed by atoms with Gasteiger partial charge in [0, 0.05) is 27.1 Å². The van der Waals surface area contributed by atoms with Crippen molar-refractivity contribution in [3.05, 3.63) is 47.5 Å². The largest absolute Gasteiger partial charge is 0.380 e. The van der Waals surface area contributed by atoms with E-state index >= 15 is 0 Å². The molecule has 2 aromatic rings. The van der Waals surface area contributed by atoms with Crippen molar-refractivity contribution in [2.75, 3.05) is 13.7 Å². The molecule has 1 aliphatic rings. The van der Waals surface area contributed by atoms with Gasteiger partial charge < -0.3 is 14.2 Å². The van der Waals surface area contributed by atoms with Crippen LogP contribution in [0.25, 0.3) is 0 Å². The summed E-state index contributed by atoms with van der Waals surface area (Å²) in [4.78, 5) is 14.2. The van der Waals surface area contributed by atoms with Crippen LogP contribution >= 0.6 is 0 Å². The highest BCUT2D eigenvalue weighted by Crippen LogP contribution is 2.33. The molecule has 0 radical (unpaired) electrons. The number of benzene rings is 1. The van der Waals surface area contributed by atoms with Gasteiger partial charge in [-0.25, -0.2) is 8.78 Å². The highest BCUT2D eigenvalue weighted by atomic mass is 19.1. The number of hydrogen-bond acceptors (Lipinski definition) is 4. The Morgan fingerprint density at radius 3 is 2.83 bits per heavy atom. The molecule has 1 amide bonds. The van der Waals surface area contributed by atoms with Crippen LogP contribution in [0.1, 0.15) is 28.6 Å². The van der Waals surface area contributed by atoms with E-state index < -0.39 is 23.6 Å². The fourth-order valence-electron chi connectivity index (χ4n) is 2.85. The molecule has 0 aliphatic carbocycles. The first-order valence-corrected chi connectivity index (χ1v) is 7.14. The molecule has 2 heterocycles. The van der Waals surface area contributed by atoms with Crippen LogP contribution in [0.15, 0.2) is 24.5 Å². The van der Waals surface area contributed by atoms with Crippen LogP contribution in [0.4, 0.5) is 8.78 Å². The number of aryl methyl sites for hydroxylation is 1. The summed E-state index contributed by atoms with van der Waals surface area (Å²) in [6.45, 7) is 0.281. The lowest BCUT2D eigenvalue weighted by molar-refractivity contribution is 0.0678. The minimum atomic E-state index is -0.756. The Morgan fingerprint density at radius 2 is 2.17 bits per heavy atom. The number of nitrogens with zero attached hydrogens (tertiary/aromatic N) is 4. The summed E-state index contributed by atoms with van der Waals surface area (Å²) < 4.78 is 34.3. The van der Waals surface area contributed by atoms with E-state index in [1.54, 1.807) is 18.7 Å². The summed E-state index contributed by atoms with van der Waals surface area (Å²) >= 11 is 0. The normalized spacial score (nSPS) is 21.0. The number of amides is 1. The summed E-state index contributed by atoms with van der Waals surface area (Å²) in [5.41, 5.74) is -0.297. The summed E-state index contributed by atoms with van der Waals surface area (Å²) in [5.74, 6) is -1.43. The second-order valence-corrected chi connectivity index (χ2v) is 5.49. The van der Waals surface area contributed by atoms with E-state index in [1.807, 2.05) is 0 Å². The second kappa shape index (κ2) is 6.04. The Hall–Kier alpha value is -2.35. The van der Waals surface area contributed by atoms with E-state index in [0.29, 0.717) is 12.2 Å². The van der Waals surface area contributed by atoms with Gasteiger partial charge in [0.25, 0.3) is 5.91 Å². The lowest BCUT2D eigenvalue weighted by atomic mass is 10.1. The second-order valence-electron chi connectivity index (χ2n) is 5.49. The topological polar surface area (TPSA) is 60.3 Å². The standard InChI is InChI=1S/C15H16F2N4O2/c1-20-8-18-19-14(20)13-6-10(23-2)7-21(13)15(22)11-5-9(16)3-4-12(11)17/h3-5,8,10,13H,6-7H2,1-2H3/t10-,13+/m1/s1. The maximum absolute atomic E-state index is 13.9. The molecule has 23 heavy (non-hydrogen) atoms. The third kappa shape index (κ3) is 2.81. The van der Waals surface area contributed by atoms with Crippen LogP contribution in [0.5, 0.6) is 0 Å². The molecular weight excluding hydrogens is 306 g/mol. The van der Waals surface area contributed by atoms with E-state index in [2.05, 4.69) is 10.2 Å². The molecule has 0 unspecified atom stereocenters. The molecule has 0 saturated carbocycles. The summed E-state index contributed by atoms with van der Waals surface area (Å²) in [6, 6.07) is 2.44. The fourth-order valence-corrected chi connectivity index (χ4v) is 2.85. The molecule has 122 valence electrons. The average molecular weight is 322 g/mol. The van der Waals surface area contributed by atoms with Crippen molar-refractivity contribution in [3.63, 3.8) is 0 Å². The minimum Gasteiger partial charge on any atom is -0.380 e. The number of carbonyl (C=O) groups excluding carboxylic acids is 1. The quantitative estimate of drug-likeness (QED) is 0.863. The van der Waals surface area contributed by atoms with Crippen LogP contribution in [-0.2, 0) is 11.8 Å². The average Bonchev–Trinajstić information content (AvgIpc) is 3.14. The number of hydrogen-bond donors (Lipinski definition) is 0. The Bertz CT molecular complexity index is 734. The zero-order valence-electron chi connectivity index (χ0n) is 12.7. The molecule has 1 aromatic heterocycles. The van der Waals surface area contributed by atoms with E-state index in [-0.39, 0.29) is 18.2 Å². The lowest BCUT2D eigenvalue weighted by Gasteiger charge is -2.23. The molecule has 6 nitrogen and oxygen atoms in total. The zero-order chi connectivity index (χ0) is 16.6. The fraction of sp³-hybridized carbons (Fsp3) is 0.400.